The van der Waals surface area contributed by atoms with Gasteiger partial charge in [0.05, 0.1) is 11.7 Å². The van der Waals surface area contributed by atoms with Crippen molar-refractivity contribution in [2.75, 3.05) is 5.32 Å². The van der Waals surface area contributed by atoms with Crippen molar-refractivity contribution in [3.63, 3.8) is 0 Å². The van der Waals surface area contributed by atoms with E-state index in [-0.39, 0.29) is 11.9 Å². The molecule has 0 unspecified atom stereocenters. The van der Waals surface area contributed by atoms with Crippen LogP contribution in [0, 0.1) is 5.82 Å². The Hall–Kier alpha value is -3.48. The van der Waals surface area contributed by atoms with Crippen LogP contribution in [0.25, 0.3) is 11.3 Å². The highest BCUT2D eigenvalue weighted by Gasteiger charge is 2.15. The van der Waals surface area contributed by atoms with E-state index in [2.05, 4.69) is 10.5 Å². The van der Waals surface area contributed by atoms with E-state index in [4.69, 9.17) is 9.26 Å². The van der Waals surface area contributed by atoms with Gasteiger partial charge in [-0.2, -0.15) is 0 Å². The molecule has 0 atom stereocenters. The van der Waals surface area contributed by atoms with E-state index in [1.165, 1.54) is 18.2 Å². The highest BCUT2D eigenvalue weighted by Crippen LogP contribution is 2.21. The van der Waals surface area contributed by atoms with E-state index in [0.717, 1.165) is 0 Å². The van der Waals surface area contributed by atoms with Gasteiger partial charge in [-0.1, -0.05) is 17.3 Å². The molecule has 0 fully saturated rings. The smallest absolute Gasteiger partial charge is 0.338 e. The Balaban J connectivity index is 1.68. The Labute approximate surface area is 154 Å². The molecule has 2 aromatic carbocycles. The predicted octanol–water partition coefficient (Wildman–Crippen LogP) is 4.30. The Morgan fingerprint density at radius 2 is 1.85 bits per heavy atom. The van der Waals surface area contributed by atoms with Crippen LogP contribution < -0.4 is 5.32 Å². The molecule has 0 spiro atoms. The highest BCUT2D eigenvalue weighted by atomic mass is 19.1. The Morgan fingerprint density at radius 1 is 1.11 bits per heavy atom. The molecule has 0 aliphatic rings. The first-order valence-electron chi connectivity index (χ1n) is 8.27. The molecule has 138 valence electrons. The molecule has 7 heteroatoms. The van der Waals surface area contributed by atoms with Crippen LogP contribution in [0.5, 0.6) is 0 Å². The zero-order valence-electron chi connectivity index (χ0n) is 14.7. The second kappa shape index (κ2) is 7.82. The first-order chi connectivity index (χ1) is 12.9. The van der Waals surface area contributed by atoms with Gasteiger partial charge >= 0.3 is 5.97 Å². The third-order valence-electron chi connectivity index (χ3n) is 3.58. The number of benzene rings is 2. The van der Waals surface area contributed by atoms with Gasteiger partial charge in [0, 0.05) is 17.3 Å². The molecule has 3 rings (SSSR count). The SMILES string of the molecule is CC(C)OC(=O)c1ccc(NC(=O)c2cc(-c3cccc(F)c3)no2)cc1. The summed E-state index contributed by atoms with van der Waals surface area (Å²) in [7, 11) is 0. The fourth-order valence-corrected chi connectivity index (χ4v) is 2.33. The second-order valence-corrected chi connectivity index (χ2v) is 6.07. The van der Waals surface area contributed by atoms with Crippen LogP contribution >= 0.6 is 0 Å². The third-order valence-corrected chi connectivity index (χ3v) is 3.58. The maximum Gasteiger partial charge on any atom is 0.338 e. The van der Waals surface area contributed by atoms with Crippen molar-refractivity contribution in [1.29, 1.82) is 0 Å². The third kappa shape index (κ3) is 4.58. The van der Waals surface area contributed by atoms with Crippen LogP contribution in [0.15, 0.2) is 59.1 Å². The molecule has 0 aliphatic carbocycles. The molecule has 0 saturated carbocycles. The number of nitrogens with one attached hydrogen (secondary N) is 1. The number of hydrogen-bond donors (Lipinski definition) is 1. The zero-order valence-corrected chi connectivity index (χ0v) is 14.7. The average Bonchev–Trinajstić information content (AvgIpc) is 3.12. The second-order valence-electron chi connectivity index (χ2n) is 6.07. The van der Waals surface area contributed by atoms with Gasteiger partial charge in [-0.3, -0.25) is 4.79 Å². The molecule has 1 N–H and O–H groups in total. The molecule has 27 heavy (non-hydrogen) atoms. The van der Waals surface area contributed by atoms with Crippen molar-refractivity contribution >= 4 is 17.6 Å². The van der Waals surface area contributed by atoms with E-state index < -0.39 is 17.7 Å². The number of amides is 1. The minimum Gasteiger partial charge on any atom is -0.459 e. The number of rotatable bonds is 5. The van der Waals surface area contributed by atoms with E-state index in [0.29, 0.717) is 22.5 Å². The molecule has 0 saturated heterocycles. The maximum absolute atomic E-state index is 13.3. The Morgan fingerprint density at radius 3 is 2.52 bits per heavy atom. The summed E-state index contributed by atoms with van der Waals surface area (Å²) in [5, 5.41) is 6.43. The van der Waals surface area contributed by atoms with Crippen LogP contribution in [0.3, 0.4) is 0 Å². The van der Waals surface area contributed by atoms with Gasteiger partial charge in [0.1, 0.15) is 11.5 Å². The maximum atomic E-state index is 13.3. The predicted molar refractivity (Wildman–Crippen MR) is 96.8 cm³/mol. The summed E-state index contributed by atoms with van der Waals surface area (Å²) in [6.45, 7) is 3.53. The summed E-state index contributed by atoms with van der Waals surface area (Å²) in [5.74, 6) is -1.37. The number of carbonyl (C=O) groups excluding carboxylic acids is 2. The number of aromatic nitrogens is 1. The molecule has 1 heterocycles. The van der Waals surface area contributed by atoms with Crippen molar-refractivity contribution in [2.45, 2.75) is 20.0 Å². The highest BCUT2D eigenvalue weighted by molar-refractivity contribution is 6.03. The number of halogens is 1. The number of carbonyl (C=O) groups is 2. The molecule has 0 bridgehead atoms. The first kappa shape index (κ1) is 18.3. The largest absolute Gasteiger partial charge is 0.459 e. The number of esters is 1. The standard InChI is InChI=1S/C20H17FN2O4/c1-12(2)26-20(25)13-6-8-16(9-7-13)22-19(24)18-11-17(23-27-18)14-4-3-5-15(21)10-14/h3-12H,1-2H3,(H,22,24). The molecular weight excluding hydrogens is 351 g/mol. The van der Waals surface area contributed by atoms with Crippen molar-refractivity contribution < 1.29 is 23.2 Å². The Kier molecular flexibility index (Phi) is 5.30. The van der Waals surface area contributed by atoms with Gasteiger partial charge in [0.15, 0.2) is 0 Å². The fourth-order valence-electron chi connectivity index (χ4n) is 2.33. The van der Waals surface area contributed by atoms with Crippen LogP contribution in [0.1, 0.15) is 34.8 Å². The topological polar surface area (TPSA) is 81.4 Å². The Bertz CT molecular complexity index is 964. The lowest BCUT2D eigenvalue weighted by Gasteiger charge is -2.08. The number of nitrogens with zero attached hydrogens (tertiary/aromatic N) is 1. The summed E-state index contributed by atoms with van der Waals surface area (Å²) in [4.78, 5) is 24.1. The summed E-state index contributed by atoms with van der Waals surface area (Å²) >= 11 is 0. The van der Waals surface area contributed by atoms with Gasteiger partial charge in [-0.25, -0.2) is 9.18 Å². The molecule has 0 aliphatic heterocycles. The number of ether oxygens (including phenoxy) is 1. The first-order valence-corrected chi connectivity index (χ1v) is 8.27. The zero-order chi connectivity index (χ0) is 19.4. The quantitative estimate of drug-likeness (QED) is 0.679. The van der Waals surface area contributed by atoms with Crippen molar-refractivity contribution in [3.05, 3.63) is 71.7 Å². The van der Waals surface area contributed by atoms with Crippen molar-refractivity contribution in [3.8, 4) is 11.3 Å². The van der Waals surface area contributed by atoms with Gasteiger partial charge in [0.2, 0.25) is 5.76 Å². The summed E-state index contributed by atoms with van der Waals surface area (Å²) in [5.41, 5.74) is 1.72. The fraction of sp³-hybridized carbons (Fsp3) is 0.150. The number of anilines is 1. The van der Waals surface area contributed by atoms with E-state index in [9.17, 15) is 14.0 Å². The van der Waals surface area contributed by atoms with Crippen molar-refractivity contribution in [2.24, 2.45) is 0 Å². The molecule has 1 amide bonds. The average molecular weight is 368 g/mol. The normalized spacial score (nSPS) is 10.7. The molecule has 1 aromatic heterocycles. The van der Waals surface area contributed by atoms with Gasteiger partial charge < -0.3 is 14.6 Å². The summed E-state index contributed by atoms with van der Waals surface area (Å²) < 4.78 is 23.4. The van der Waals surface area contributed by atoms with Crippen LogP contribution in [-0.4, -0.2) is 23.1 Å². The summed E-state index contributed by atoms with van der Waals surface area (Å²) in [6.07, 6.45) is -0.212. The van der Waals surface area contributed by atoms with Crippen LogP contribution in [0.2, 0.25) is 0 Å². The summed E-state index contributed by atoms with van der Waals surface area (Å²) in [6, 6.07) is 13.5. The van der Waals surface area contributed by atoms with Crippen molar-refractivity contribution in [1.82, 2.24) is 5.16 Å². The number of hydrogen-bond acceptors (Lipinski definition) is 5. The van der Waals surface area contributed by atoms with Crippen LogP contribution in [-0.2, 0) is 4.74 Å². The molecule has 6 nitrogen and oxygen atoms in total. The van der Waals surface area contributed by atoms with E-state index in [1.54, 1.807) is 50.2 Å². The monoisotopic (exact) mass is 368 g/mol. The van der Waals surface area contributed by atoms with E-state index in [1.807, 2.05) is 0 Å². The molecule has 3 aromatic rings. The lowest BCUT2D eigenvalue weighted by atomic mass is 10.1. The van der Waals surface area contributed by atoms with E-state index >= 15 is 0 Å². The van der Waals surface area contributed by atoms with Crippen LogP contribution in [0.4, 0.5) is 10.1 Å². The lowest BCUT2D eigenvalue weighted by Crippen LogP contribution is -2.13. The van der Waals surface area contributed by atoms with Gasteiger partial charge in [0.25, 0.3) is 5.91 Å². The molecule has 0 radical (unpaired) electrons. The molecular formula is C20H17FN2O4. The lowest BCUT2D eigenvalue weighted by molar-refractivity contribution is 0.0378. The van der Waals surface area contributed by atoms with Gasteiger partial charge in [-0.05, 0) is 50.2 Å². The van der Waals surface area contributed by atoms with Gasteiger partial charge in [-0.15, -0.1) is 0 Å². The minimum absolute atomic E-state index is 0.0162. The minimum atomic E-state index is -0.511.